The van der Waals surface area contributed by atoms with E-state index in [-0.39, 0.29) is 25.2 Å². The van der Waals surface area contributed by atoms with Gasteiger partial charge < -0.3 is 14.8 Å². The lowest BCUT2D eigenvalue weighted by Crippen LogP contribution is -2.33. The summed E-state index contributed by atoms with van der Waals surface area (Å²) in [5, 5.41) is 2.87. The van der Waals surface area contributed by atoms with Gasteiger partial charge in [-0.1, -0.05) is 43.7 Å². The molecule has 0 heterocycles. The van der Waals surface area contributed by atoms with Gasteiger partial charge in [0, 0.05) is 0 Å². The van der Waals surface area contributed by atoms with Crippen molar-refractivity contribution < 1.29 is 23.5 Å². The molecule has 2 aromatic rings. The second-order valence-corrected chi connectivity index (χ2v) is 5.72. The Morgan fingerprint density at radius 3 is 2.38 bits per heavy atom. The predicted octanol–water partition coefficient (Wildman–Crippen LogP) is 3.41. The fourth-order valence-electron chi connectivity index (χ4n) is 2.39. The first-order valence-electron chi connectivity index (χ1n) is 8.46. The van der Waals surface area contributed by atoms with Crippen LogP contribution < -0.4 is 10.1 Å². The minimum absolute atomic E-state index is 0.122. The Kier molecular flexibility index (Phi) is 7.61. The first kappa shape index (κ1) is 19.4. The molecular weight excluding hydrogens is 337 g/mol. The molecule has 0 saturated heterocycles. The van der Waals surface area contributed by atoms with Crippen LogP contribution in [0.15, 0.2) is 54.6 Å². The number of hydrogen-bond acceptors (Lipinski definition) is 4. The minimum Gasteiger partial charge on any atom is -0.482 e. The van der Waals surface area contributed by atoms with Gasteiger partial charge in [0.1, 0.15) is 11.6 Å². The number of esters is 1. The monoisotopic (exact) mass is 359 g/mol. The molecule has 2 aromatic carbocycles. The standard InChI is InChI=1S/C20H22FNO4/c1-2-6-18(15-7-4-3-5-8-15)22-19(23)13-26-20(24)14-25-17-11-9-16(21)10-12-17/h3-5,7-12,18H,2,6,13-14H2,1H3,(H,22,23)/t18-/m0/s1. The Bertz CT molecular complexity index is 704. The van der Waals surface area contributed by atoms with Gasteiger partial charge in [0.15, 0.2) is 13.2 Å². The molecule has 1 amide bonds. The van der Waals surface area contributed by atoms with Crippen molar-refractivity contribution in [3.63, 3.8) is 0 Å². The molecule has 0 aliphatic rings. The number of rotatable bonds is 9. The van der Waals surface area contributed by atoms with Crippen molar-refractivity contribution >= 4 is 11.9 Å². The summed E-state index contributed by atoms with van der Waals surface area (Å²) in [6, 6.07) is 14.8. The van der Waals surface area contributed by atoms with Crippen molar-refractivity contribution in [2.24, 2.45) is 0 Å². The molecule has 1 N–H and O–H groups in total. The SMILES string of the molecule is CCC[C@H](NC(=O)COC(=O)COc1ccc(F)cc1)c1ccccc1. The Hall–Kier alpha value is -2.89. The molecule has 0 aliphatic heterocycles. The smallest absolute Gasteiger partial charge is 0.344 e. The van der Waals surface area contributed by atoms with Gasteiger partial charge in [0.25, 0.3) is 5.91 Å². The highest BCUT2D eigenvalue weighted by Crippen LogP contribution is 2.17. The summed E-state index contributed by atoms with van der Waals surface area (Å²) < 4.78 is 22.9. The molecule has 2 rings (SSSR count). The van der Waals surface area contributed by atoms with Crippen LogP contribution in [0.2, 0.25) is 0 Å². The fraction of sp³-hybridized carbons (Fsp3) is 0.300. The van der Waals surface area contributed by atoms with Gasteiger partial charge in [-0.05, 0) is 36.2 Å². The summed E-state index contributed by atoms with van der Waals surface area (Å²) in [4.78, 5) is 23.7. The van der Waals surface area contributed by atoms with Crippen molar-refractivity contribution in [2.75, 3.05) is 13.2 Å². The average molecular weight is 359 g/mol. The molecule has 0 bridgehead atoms. The normalized spacial score (nSPS) is 11.5. The summed E-state index contributed by atoms with van der Waals surface area (Å²) in [6.07, 6.45) is 1.70. The topological polar surface area (TPSA) is 64.6 Å². The lowest BCUT2D eigenvalue weighted by Gasteiger charge is -2.18. The highest BCUT2D eigenvalue weighted by molar-refractivity contribution is 5.81. The van der Waals surface area contributed by atoms with Crippen molar-refractivity contribution in [1.82, 2.24) is 5.32 Å². The number of ether oxygens (including phenoxy) is 2. The van der Waals surface area contributed by atoms with Crippen molar-refractivity contribution in [3.8, 4) is 5.75 Å². The molecule has 0 aliphatic carbocycles. The van der Waals surface area contributed by atoms with Gasteiger partial charge in [0.05, 0.1) is 6.04 Å². The predicted molar refractivity (Wildman–Crippen MR) is 95.1 cm³/mol. The molecule has 138 valence electrons. The molecule has 0 fully saturated rings. The summed E-state index contributed by atoms with van der Waals surface area (Å²) in [7, 11) is 0. The lowest BCUT2D eigenvalue weighted by atomic mass is 10.0. The van der Waals surface area contributed by atoms with Gasteiger partial charge in [-0.2, -0.15) is 0 Å². The molecule has 26 heavy (non-hydrogen) atoms. The van der Waals surface area contributed by atoms with E-state index in [1.165, 1.54) is 24.3 Å². The zero-order valence-corrected chi connectivity index (χ0v) is 14.6. The Morgan fingerprint density at radius 1 is 1.04 bits per heavy atom. The maximum atomic E-state index is 12.8. The number of benzene rings is 2. The number of carbonyl (C=O) groups excluding carboxylic acids is 2. The largest absolute Gasteiger partial charge is 0.482 e. The summed E-state index contributed by atoms with van der Waals surface area (Å²) >= 11 is 0. The third kappa shape index (κ3) is 6.55. The lowest BCUT2D eigenvalue weighted by molar-refractivity contribution is -0.150. The van der Waals surface area contributed by atoms with Crippen molar-refractivity contribution in [2.45, 2.75) is 25.8 Å². The van der Waals surface area contributed by atoms with Crippen molar-refractivity contribution in [1.29, 1.82) is 0 Å². The first-order chi connectivity index (χ1) is 12.6. The number of halogens is 1. The second-order valence-electron chi connectivity index (χ2n) is 5.72. The van der Waals surface area contributed by atoms with E-state index in [1.54, 1.807) is 0 Å². The van der Waals surface area contributed by atoms with Gasteiger partial charge in [0.2, 0.25) is 0 Å². The summed E-state index contributed by atoms with van der Waals surface area (Å²) in [5.74, 6) is -1.09. The van der Waals surface area contributed by atoms with E-state index in [0.717, 1.165) is 18.4 Å². The summed E-state index contributed by atoms with van der Waals surface area (Å²) in [5.41, 5.74) is 1.01. The molecule has 0 radical (unpaired) electrons. The molecule has 0 unspecified atom stereocenters. The Morgan fingerprint density at radius 2 is 1.73 bits per heavy atom. The number of hydrogen-bond donors (Lipinski definition) is 1. The van der Waals surface area contributed by atoms with E-state index in [1.807, 2.05) is 37.3 Å². The average Bonchev–Trinajstić information content (AvgIpc) is 2.66. The van der Waals surface area contributed by atoms with E-state index < -0.39 is 11.8 Å². The quantitative estimate of drug-likeness (QED) is 0.697. The number of amides is 1. The highest BCUT2D eigenvalue weighted by Gasteiger charge is 2.15. The van der Waals surface area contributed by atoms with Crippen LogP contribution in [0.25, 0.3) is 0 Å². The number of carbonyl (C=O) groups is 2. The molecular formula is C20H22FNO4. The molecule has 6 heteroatoms. The van der Waals surface area contributed by atoms with Gasteiger partial charge in [-0.25, -0.2) is 9.18 Å². The van der Waals surface area contributed by atoms with Crippen LogP contribution in [-0.2, 0) is 14.3 Å². The molecule has 0 saturated carbocycles. The fourth-order valence-corrected chi connectivity index (χ4v) is 2.39. The van der Waals surface area contributed by atoms with Gasteiger partial charge >= 0.3 is 5.97 Å². The first-order valence-corrected chi connectivity index (χ1v) is 8.46. The van der Waals surface area contributed by atoms with Crippen LogP contribution in [0.4, 0.5) is 4.39 Å². The molecule has 5 nitrogen and oxygen atoms in total. The summed E-state index contributed by atoms with van der Waals surface area (Å²) in [6.45, 7) is 1.31. The van der Waals surface area contributed by atoms with E-state index in [4.69, 9.17) is 9.47 Å². The Balaban J connectivity index is 1.75. The molecule has 1 atom stereocenters. The zero-order valence-electron chi connectivity index (χ0n) is 14.6. The third-order valence-electron chi connectivity index (χ3n) is 3.65. The van der Waals surface area contributed by atoms with E-state index in [0.29, 0.717) is 5.75 Å². The third-order valence-corrected chi connectivity index (χ3v) is 3.65. The van der Waals surface area contributed by atoms with E-state index in [2.05, 4.69) is 5.32 Å². The van der Waals surface area contributed by atoms with E-state index >= 15 is 0 Å². The van der Waals surface area contributed by atoms with Crippen LogP contribution in [0.1, 0.15) is 31.4 Å². The minimum atomic E-state index is -0.670. The highest BCUT2D eigenvalue weighted by atomic mass is 19.1. The van der Waals surface area contributed by atoms with Crippen LogP contribution in [0, 0.1) is 5.82 Å². The second kappa shape index (κ2) is 10.2. The van der Waals surface area contributed by atoms with Crippen LogP contribution in [0.3, 0.4) is 0 Å². The van der Waals surface area contributed by atoms with Gasteiger partial charge in [-0.3, -0.25) is 4.79 Å². The van der Waals surface area contributed by atoms with Gasteiger partial charge in [-0.15, -0.1) is 0 Å². The number of nitrogens with one attached hydrogen (secondary N) is 1. The van der Waals surface area contributed by atoms with Crippen molar-refractivity contribution in [3.05, 3.63) is 66.0 Å². The molecule has 0 aromatic heterocycles. The van der Waals surface area contributed by atoms with E-state index in [9.17, 15) is 14.0 Å². The maximum absolute atomic E-state index is 12.8. The maximum Gasteiger partial charge on any atom is 0.344 e. The molecule has 0 spiro atoms. The van der Waals surface area contributed by atoms with Crippen LogP contribution >= 0.6 is 0 Å². The van der Waals surface area contributed by atoms with Crippen LogP contribution in [0.5, 0.6) is 5.75 Å². The zero-order chi connectivity index (χ0) is 18.8. The van der Waals surface area contributed by atoms with Crippen LogP contribution in [-0.4, -0.2) is 25.1 Å². The Labute approximate surface area is 152 Å².